The number of rotatable bonds is 4. The van der Waals surface area contributed by atoms with Crippen molar-refractivity contribution in [1.82, 2.24) is 0 Å². The molecule has 2 aliphatic carbocycles. The first kappa shape index (κ1) is 38.6. The molecule has 0 bridgehead atoms. The first-order chi connectivity index (χ1) is 23.6. The number of halogens is 2. The third-order valence-electron chi connectivity index (χ3n) is 11.9. The molecule has 0 N–H and O–H groups in total. The summed E-state index contributed by atoms with van der Waals surface area (Å²) in [6, 6.07) is 45.7. The monoisotopic (exact) mass is 774 g/mol. The van der Waals surface area contributed by atoms with Crippen molar-refractivity contribution in [2.24, 2.45) is 10.8 Å². The number of allylic oxidation sites excluding steroid dienone is 2. The number of hydrogen-bond acceptors (Lipinski definition) is 0. The molecule has 0 spiro atoms. The fraction of sp³-hybridized carbons (Fsp3) is 0.250. The zero-order chi connectivity index (χ0) is 35.2. The van der Waals surface area contributed by atoms with Crippen molar-refractivity contribution < 1.29 is 14.0 Å². The van der Waals surface area contributed by atoms with Crippen LogP contribution >= 0.6 is 24.8 Å². The third kappa shape index (κ3) is 6.12. The van der Waals surface area contributed by atoms with E-state index in [2.05, 4.69) is 193 Å². The summed E-state index contributed by atoms with van der Waals surface area (Å²) in [5.41, 5.74) is 14.7. The van der Waals surface area contributed by atoms with Gasteiger partial charge in [-0.2, -0.15) is 0 Å². The second-order valence-electron chi connectivity index (χ2n) is 18.2. The van der Waals surface area contributed by atoms with E-state index < -0.39 is 14.0 Å². The average molecular weight is 776 g/mol. The minimum Gasteiger partial charge on any atom is -0.147 e. The van der Waals surface area contributed by atoms with Gasteiger partial charge >= 0.3 is 304 Å². The molecule has 2 aliphatic rings. The van der Waals surface area contributed by atoms with E-state index in [1.54, 1.807) is 22.3 Å². The van der Waals surface area contributed by atoms with Gasteiger partial charge in [0.25, 0.3) is 0 Å². The van der Waals surface area contributed by atoms with Gasteiger partial charge in [-0.15, -0.1) is 24.8 Å². The van der Waals surface area contributed by atoms with Crippen LogP contribution in [0, 0.1) is 10.8 Å². The average Bonchev–Trinajstić information content (AvgIpc) is 3.70. The molecule has 0 saturated heterocycles. The normalized spacial score (nSPS) is 17.2. The zero-order valence-corrected chi connectivity index (χ0v) is 36.5. The second-order valence-corrected chi connectivity index (χ2v) is 38.3. The Morgan fingerprint density at radius 2 is 0.769 bits per heavy atom. The van der Waals surface area contributed by atoms with Crippen LogP contribution in [0.25, 0.3) is 56.0 Å². The largest absolute Gasteiger partial charge is 0.147 e. The summed E-state index contributed by atoms with van der Waals surface area (Å²) in [5.74, 6) is 0. The first-order valence-corrected chi connectivity index (χ1v) is 27.3. The maximum atomic E-state index is 2.78. The Bertz CT molecular complexity index is 2320. The van der Waals surface area contributed by atoms with E-state index in [4.69, 9.17) is 0 Å². The van der Waals surface area contributed by atoms with Gasteiger partial charge in [0.05, 0.1) is 0 Å². The van der Waals surface area contributed by atoms with Crippen LogP contribution in [0.1, 0.15) is 72.2 Å². The van der Waals surface area contributed by atoms with Gasteiger partial charge in [-0.1, -0.05) is 0 Å². The Kier molecular flexibility index (Phi) is 9.86. The van der Waals surface area contributed by atoms with Crippen molar-refractivity contribution in [2.75, 3.05) is 0 Å². The minimum absolute atomic E-state index is 0. The molecule has 2 unspecified atom stereocenters. The molecule has 0 aromatic heterocycles. The maximum Gasteiger partial charge on any atom is -0.147 e. The molecule has 6 aromatic carbocycles. The molecule has 0 saturated carbocycles. The van der Waals surface area contributed by atoms with Crippen LogP contribution in [0.4, 0.5) is 0 Å². The van der Waals surface area contributed by atoms with Gasteiger partial charge in [-0.3, -0.25) is 0 Å². The smallest absolute Gasteiger partial charge is 0.147 e. The van der Waals surface area contributed by atoms with Gasteiger partial charge in [0.2, 0.25) is 0 Å². The van der Waals surface area contributed by atoms with E-state index in [0.29, 0.717) is 8.45 Å². The van der Waals surface area contributed by atoms with Crippen molar-refractivity contribution >= 4 is 66.1 Å². The Morgan fingerprint density at radius 1 is 0.442 bits per heavy atom. The van der Waals surface area contributed by atoms with Crippen LogP contribution in [-0.4, -0.2) is 7.63 Å². The summed E-state index contributed by atoms with van der Waals surface area (Å²) in [5, 5.41) is 10.8. The topological polar surface area (TPSA) is 0 Å². The second kappa shape index (κ2) is 13.3. The van der Waals surface area contributed by atoms with Gasteiger partial charge < -0.3 is 0 Å². The van der Waals surface area contributed by atoms with E-state index in [-0.39, 0.29) is 35.6 Å². The molecule has 8 rings (SSSR count). The van der Waals surface area contributed by atoms with Crippen molar-refractivity contribution in [3.05, 3.63) is 155 Å². The van der Waals surface area contributed by atoms with E-state index in [0.717, 1.165) is 0 Å². The summed E-state index contributed by atoms with van der Waals surface area (Å²) < 4.78 is 0.830. The van der Waals surface area contributed by atoms with Gasteiger partial charge in [0, 0.05) is 0 Å². The summed E-state index contributed by atoms with van der Waals surface area (Å²) in [7, 11) is 2.45. The van der Waals surface area contributed by atoms with E-state index in [1.807, 2.05) is 0 Å². The predicted molar refractivity (Wildman–Crippen MR) is 234 cm³/mol. The van der Waals surface area contributed by atoms with Crippen LogP contribution in [-0.2, 0) is 14.0 Å². The standard InChI is InChI=1S/2C23H21.2CH3.2ClH.H2Si.Ti/c2*1-23(2,3)18-14-17-10-7-13-21(22(17)15-18)20-12-6-9-16-8-4-5-11-19(16)20;;;;;;/h2*4-15H,1-3H3;2*1H3;2*1H;1H2;. The summed E-state index contributed by atoms with van der Waals surface area (Å²) in [4.78, 5) is 0. The van der Waals surface area contributed by atoms with Crippen LogP contribution in [0.15, 0.2) is 132 Å². The molecule has 4 heteroatoms. The Labute approximate surface area is 326 Å². The Balaban J connectivity index is 0.00000232. The van der Waals surface area contributed by atoms with Gasteiger partial charge in [-0.25, -0.2) is 0 Å². The van der Waals surface area contributed by atoms with E-state index in [9.17, 15) is 0 Å². The zero-order valence-electron chi connectivity index (χ0n) is 31.9. The fourth-order valence-electron chi connectivity index (χ4n) is 9.70. The van der Waals surface area contributed by atoms with Gasteiger partial charge in [0.1, 0.15) is 0 Å². The molecule has 6 aromatic rings. The molecular weight excluding hydrogens is 723 g/mol. The molecule has 0 fully saturated rings. The third-order valence-corrected chi connectivity index (χ3v) is 23.1. The fourth-order valence-corrected chi connectivity index (χ4v) is 22.6. The number of hydrogen-bond donors (Lipinski definition) is 0. The molecule has 0 aliphatic heterocycles. The predicted octanol–water partition coefficient (Wildman–Crippen LogP) is 14.2. The van der Waals surface area contributed by atoms with E-state index >= 15 is 0 Å². The molecule has 266 valence electrons. The molecule has 2 atom stereocenters. The van der Waals surface area contributed by atoms with Crippen LogP contribution in [0.2, 0.25) is 10.5 Å². The summed E-state index contributed by atoms with van der Waals surface area (Å²) >= 11 is -3.65. The van der Waals surface area contributed by atoms with Crippen LogP contribution < -0.4 is 0 Å². The SMILES string of the molecule is CC(C)(C)C1=Cc2c(-c3cccc4ccccc34)cccc2[CH]1[Ti]([CH3])([CH3])(=[SiH2])[CH]1C(C(C)(C)C)=Cc2c(-c3cccc4ccccc34)cccc21.Cl.Cl. The first-order valence-electron chi connectivity index (χ1n) is 18.4. The Hall–Kier alpha value is -3.17. The number of benzene rings is 6. The molecular formula is C48H52Cl2SiTi. The van der Waals surface area contributed by atoms with Gasteiger partial charge in [0.15, 0.2) is 0 Å². The van der Waals surface area contributed by atoms with Crippen molar-refractivity contribution in [2.45, 2.75) is 60.4 Å². The van der Waals surface area contributed by atoms with Crippen molar-refractivity contribution in [3.8, 4) is 22.3 Å². The van der Waals surface area contributed by atoms with E-state index in [1.165, 1.54) is 54.9 Å². The molecule has 0 heterocycles. The van der Waals surface area contributed by atoms with Crippen molar-refractivity contribution in [3.63, 3.8) is 0 Å². The molecule has 0 radical (unpaired) electrons. The number of fused-ring (bicyclic) bond motifs is 4. The van der Waals surface area contributed by atoms with Gasteiger partial charge in [-0.05, 0) is 0 Å². The molecule has 0 nitrogen and oxygen atoms in total. The Morgan fingerprint density at radius 3 is 1.15 bits per heavy atom. The van der Waals surface area contributed by atoms with Crippen LogP contribution in [0.5, 0.6) is 0 Å². The molecule has 0 amide bonds. The summed E-state index contributed by atoms with van der Waals surface area (Å²) in [6.07, 6.45) is 5.26. The van der Waals surface area contributed by atoms with Crippen LogP contribution in [0.3, 0.4) is 0 Å². The minimum atomic E-state index is -3.65. The maximum absolute atomic E-state index is 3.65. The quantitative estimate of drug-likeness (QED) is 0.157. The molecule has 52 heavy (non-hydrogen) atoms. The van der Waals surface area contributed by atoms with Crippen molar-refractivity contribution in [1.29, 1.82) is 0 Å². The summed E-state index contributed by atoms with van der Waals surface area (Å²) in [6.45, 7) is 14.7.